The summed E-state index contributed by atoms with van der Waals surface area (Å²) in [4.78, 5) is 38.9. The van der Waals surface area contributed by atoms with Gasteiger partial charge in [-0.25, -0.2) is 9.48 Å². The highest BCUT2D eigenvalue weighted by Crippen LogP contribution is 2.39. The summed E-state index contributed by atoms with van der Waals surface area (Å²) in [6.45, 7) is 8.75. The molecule has 10 nitrogen and oxygen atoms in total. The number of aromatic nitrogens is 3. The predicted molar refractivity (Wildman–Crippen MR) is 171 cm³/mol. The first-order chi connectivity index (χ1) is 19.7. The molecule has 0 spiro atoms. The number of alkyl halides is 3. The molecular weight excluding hydrogens is 703 g/mol. The first-order valence-corrected chi connectivity index (χ1v) is 17.6. The van der Waals surface area contributed by atoms with E-state index in [1.165, 1.54) is 16.8 Å². The molecule has 0 bridgehead atoms. The van der Waals surface area contributed by atoms with Gasteiger partial charge in [0.1, 0.15) is 6.61 Å². The lowest BCUT2D eigenvalue weighted by Crippen LogP contribution is -2.50. The predicted octanol–water partition coefficient (Wildman–Crippen LogP) is 7.87. The zero-order chi connectivity index (χ0) is 32.5. The van der Waals surface area contributed by atoms with E-state index in [1.54, 1.807) is 24.3 Å². The van der Waals surface area contributed by atoms with Gasteiger partial charge in [-0.1, -0.05) is 95.6 Å². The highest BCUT2D eigenvalue weighted by molar-refractivity contribution is 6.74. The van der Waals surface area contributed by atoms with Crippen molar-refractivity contribution in [3.8, 4) is 0 Å². The molecule has 43 heavy (non-hydrogen) atoms. The number of nitrogens with two attached hydrogens (primary N) is 1. The van der Waals surface area contributed by atoms with Crippen molar-refractivity contribution in [1.29, 1.82) is 0 Å². The number of carbonyl (C=O) groups excluding carboxylic acids is 3. The van der Waals surface area contributed by atoms with Gasteiger partial charge in [-0.15, -0.1) is 10.2 Å². The van der Waals surface area contributed by atoms with Crippen LogP contribution in [-0.2, 0) is 15.8 Å². The smallest absolute Gasteiger partial charge is 0.439 e. The number of halogens is 6. The number of nitrogens with zero attached hydrogens (tertiary/aromatic N) is 4. The molecule has 2 amide bonds. The Kier molecular flexibility index (Phi) is 11.1. The average molecular weight is 730 g/mol. The molecule has 2 aromatic carbocycles. The first kappa shape index (κ1) is 35.4. The monoisotopic (exact) mass is 727 g/mol. The van der Waals surface area contributed by atoms with Crippen LogP contribution in [0.3, 0.4) is 0 Å². The highest BCUT2D eigenvalue weighted by Gasteiger charge is 2.44. The van der Waals surface area contributed by atoms with Gasteiger partial charge >= 0.3 is 6.09 Å². The summed E-state index contributed by atoms with van der Waals surface area (Å²) >= 11 is 36.3. The molecule has 0 aliphatic carbocycles. The van der Waals surface area contributed by atoms with Crippen LogP contribution < -0.4 is 10.8 Å². The van der Waals surface area contributed by atoms with Crippen molar-refractivity contribution < 1.29 is 23.6 Å². The fourth-order valence-electron chi connectivity index (χ4n) is 3.36. The number of benzene rings is 2. The number of anilines is 1. The molecule has 0 fully saturated rings. The van der Waals surface area contributed by atoms with E-state index in [4.69, 9.17) is 84.6 Å². The normalized spacial score (nSPS) is 12.3. The van der Waals surface area contributed by atoms with E-state index in [-0.39, 0.29) is 28.0 Å². The van der Waals surface area contributed by atoms with E-state index < -0.39 is 47.2 Å². The maximum atomic E-state index is 13.4. The van der Waals surface area contributed by atoms with Gasteiger partial charge in [-0.05, 0) is 60.1 Å². The molecule has 0 aliphatic heterocycles. The molecule has 1 heterocycles. The minimum Gasteiger partial charge on any atom is -0.443 e. The van der Waals surface area contributed by atoms with Gasteiger partial charge in [-0.3, -0.25) is 9.59 Å². The molecule has 3 aromatic rings. The van der Waals surface area contributed by atoms with Crippen LogP contribution in [0, 0.1) is 0 Å². The van der Waals surface area contributed by atoms with Gasteiger partial charge in [0, 0.05) is 10.6 Å². The number of hydrogen-bond donors (Lipinski definition) is 1. The van der Waals surface area contributed by atoms with Gasteiger partial charge in [0.25, 0.3) is 5.91 Å². The van der Waals surface area contributed by atoms with Crippen LogP contribution in [0.15, 0.2) is 36.4 Å². The number of rotatable bonds is 9. The Morgan fingerprint density at radius 1 is 1.00 bits per heavy atom. The summed E-state index contributed by atoms with van der Waals surface area (Å²) in [6, 6.07) is 9.24. The van der Waals surface area contributed by atoms with Crippen LogP contribution >= 0.6 is 69.6 Å². The molecule has 0 unspecified atom stereocenters. The SMILES string of the molecule is CC(C)(C)[Si](C)(C)ON(C(=O)OCC(Cl)(Cl)Cl)c1c(C(N)=O)nnn1Cc1cc(Cl)c(C(=O)c2ccc(Cl)cc2)c(Cl)c1. The maximum Gasteiger partial charge on any atom is 0.439 e. The molecule has 0 radical (unpaired) electrons. The van der Waals surface area contributed by atoms with Gasteiger partial charge < -0.3 is 15.0 Å². The number of hydrogen-bond acceptors (Lipinski definition) is 7. The van der Waals surface area contributed by atoms with Crippen molar-refractivity contribution in [3.63, 3.8) is 0 Å². The summed E-state index contributed by atoms with van der Waals surface area (Å²) in [5, 5.41) is 8.80. The Bertz CT molecular complexity index is 1510. The average Bonchev–Trinajstić information content (AvgIpc) is 3.28. The highest BCUT2D eigenvalue weighted by atomic mass is 35.6. The Labute approximate surface area is 279 Å². The third-order valence-corrected chi connectivity index (χ3v) is 12.0. The third-order valence-electron chi connectivity index (χ3n) is 6.55. The number of hydroxylamine groups is 1. The zero-order valence-electron chi connectivity index (χ0n) is 23.6. The Hall–Kier alpha value is -2.09. The van der Waals surface area contributed by atoms with Crippen molar-refractivity contribution in [2.45, 2.75) is 49.2 Å². The van der Waals surface area contributed by atoms with E-state index in [9.17, 15) is 14.4 Å². The third kappa shape index (κ3) is 8.76. The fraction of sp³-hybridized carbons (Fsp3) is 0.346. The van der Waals surface area contributed by atoms with E-state index in [0.717, 1.165) is 5.06 Å². The summed E-state index contributed by atoms with van der Waals surface area (Å²) in [5.41, 5.74) is 6.04. The van der Waals surface area contributed by atoms with Gasteiger partial charge in [0.2, 0.25) is 12.1 Å². The zero-order valence-corrected chi connectivity index (χ0v) is 29.1. The molecule has 0 aliphatic rings. The Morgan fingerprint density at radius 3 is 2.05 bits per heavy atom. The van der Waals surface area contributed by atoms with Gasteiger partial charge in [0.05, 0.1) is 22.2 Å². The lowest BCUT2D eigenvalue weighted by atomic mass is 10.0. The van der Waals surface area contributed by atoms with Crippen LogP contribution in [0.25, 0.3) is 0 Å². The molecule has 2 N–H and O–H groups in total. The van der Waals surface area contributed by atoms with Crippen LogP contribution in [-0.4, -0.2) is 51.5 Å². The molecule has 0 saturated heterocycles. The Balaban J connectivity index is 2.08. The fourth-order valence-corrected chi connectivity index (χ4v) is 5.25. The second-order valence-electron chi connectivity index (χ2n) is 10.9. The Morgan fingerprint density at radius 2 is 1.56 bits per heavy atom. The lowest BCUT2D eigenvalue weighted by Gasteiger charge is -2.38. The number of ketones is 1. The summed E-state index contributed by atoms with van der Waals surface area (Å²) in [7, 11) is -2.79. The number of primary amides is 1. The maximum absolute atomic E-state index is 13.4. The van der Waals surface area contributed by atoms with Crippen molar-refractivity contribution in [2.75, 3.05) is 11.7 Å². The molecular formula is C26H27Cl6N5O5Si. The second kappa shape index (κ2) is 13.5. The number of ether oxygens (including phenoxy) is 1. The van der Waals surface area contributed by atoms with Crippen molar-refractivity contribution in [2.24, 2.45) is 5.73 Å². The van der Waals surface area contributed by atoms with Crippen LogP contribution in [0.2, 0.25) is 33.2 Å². The summed E-state index contributed by atoms with van der Waals surface area (Å²) < 4.78 is 10.7. The largest absolute Gasteiger partial charge is 0.443 e. The number of carbonyl (C=O) groups is 3. The van der Waals surface area contributed by atoms with Gasteiger partial charge in [0.15, 0.2) is 17.3 Å². The molecule has 17 heteroatoms. The van der Waals surface area contributed by atoms with E-state index in [0.29, 0.717) is 16.1 Å². The summed E-state index contributed by atoms with van der Waals surface area (Å²) in [5.74, 6) is -1.65. The minimum absolute atomic E-state index is 0.0516. The summed E-state index contributed by atoms with van der Waals surface area (Å²) in [6.07, 6.45) is -1.11. The quantitative estimate of drug-likeness (QED) is 0.103. The standard InChI is InChI=1S/C26H27Cl6N5O5Si/c1-25(2,3)43(4,5)42-37(24(40)41-13-26(30,31)32)23-20(22(33)39)34-35-36(23)12-14-10-17(28)19(18(29)11-14)21(38)15-6-8-16(27)9-7-15/h6-11H,12-13H2,1-5H3,(H2,33,39). The van der Waals surface area contributed by atoms with E-state index in [2.05, 4.69) is 10.3 Å². The van der Waals surface area contributed by atoms with E-state index >= 15 is 0 Å². The molecule has 232 valence electrons. The first-order valence-electron chi connectivity index (χ1n) is 12.5. The van der Waals surface area contributed by atoms with Crippen LogP contribution in [0.5, 0.6) is 0 Å². The lowest BCUT2D eigenvalue weighted by molar-refractivity contribution is 0.0991. The topological polar surface area (TPSA) is 130 Å². The molecule has 3 rings (SSSR count). The molecule has 0 saturated carbocycles. The van der Waals surface area contributed by atoms with E-state index in [1.807, 2.05) is 33.9 Å². The van der Waals surface area contributed by atoms with Crippen molar-refractivity contribution in [3.05, 3.63) is 73.9 Å². The van der Waals surface area contributed by atoms with Crippen LogP contribution in [0.1, 0.15) is 52.7 Å². The second-order valence-corrected chi connectivity index (χ2v) is 19.3. The van der Waals surface area contributed by atoms with Gasteiger partial charge in [-0.2, -0.15) is 0 Å². The minimum atomic E-state index is -2.79. The van der Waals surface area contributed by atoms with Crippen molar-refractivity contribution >= 4 is 102 Å². The number of amides is 2. The van der Waals surface area contributed by atoms with Crippen molar-refractivity contribution in [1.82, 2.24) is 15.0 Å². The molecule has 1 aromatic heterocycles. The van der Waals surface area contributed by atoms with Crippen LogP contribution in [0.4, 0.5) is 10.6 Å². The molecule has 0 atom stereocenters.